The first-order valence-corrected chi connectivity index (χ1v) is 16.7. The first-order valence-electron chi connectivity index (χ1n) is 14.5. The van der Waals surface area contributed by atoms with Crippen LogP contribution in [0.15, 0.2) is 76.1 Å². The Morgan fingerprint density at radius 1 is 0.905 bits per heavy atom. The number of amides is 2. The summed E-state index contributed by atoms with van der Waals surface area (Å²) in [5.74, 6) is -0.687. The number of aryl methyl sites for hydroxylation is 3. The summed E-state index contributed by atoms with van der Waals surface area (Å²) in [6.45, 7) is 7.04. The SMILES string of the molecule is Cc1ccc(S(=O)(=O)N(CC(=O)N(Cc2ccc(Br)cc2)C(C)C(=O)NC2CCCCC2)c2cc(C)ccc2C)cc1. The molecule has 0 heterocycles. The van der Waals surface area contributed by atoms with Gasteiger partial charge in [0.25, 0.3) is 10.0 Å². The van der Waals surface area contributed by atoms with E-state index in [1.54, 1.807) is 37.3 Å². The number of halogens is 1. The molecule has 3 aromatic carbocycles. The zero-order valence-corrected chi connectivity index (χ0v) is 27.2. The molecule has 2 amide bonds. The van der Waals surface area contributed by atoms with Crippen LogP contribution < -0.4 is 9.62 Å². The number of sulfonamides is 1. The average molecular weight is 655 g/mol. The number of anilines is 1. The summed E-state index contributed by atoms with van der Waals surface area (Å²) >= 11 is 3.45. The maximum absolute atomic E-state index is 14.2. The van der Waals surface area contributed by atoms with Crippen LogP contribution in [0.4, 0.5) is 5.69 Å². The zero-order valence-electron chi connectivity index (χ0n) is 24.8. The Balaban J connectivity index is 1.70. The fourth-order valence-electron chi connectivity index (χ4n) is 5.28. The summed E-state index contributed by atoms with van der Waals surface area (Å²) in [5.41, 5.74) is 3.81. The van der Waals surface area contributed by atoms with Gasteiger partial charge in [0.2, 0.25) is 11.8 Å². The summed E-state index contributed by atoms with van der Waals surface area (Å²) in [6.07, 6.45) is 5.16. The Hall–Kier alpha value is -3.17. The lowest BCUT2D eigenvalue weighted by molar-refractivity contribution is -0.139. The van der Waals surface area contributed by atoms with Gasteiger partial charge in [-0.2, -0.15) is 0 Å². The van der Waals surface area contributed by atoms with E-state index in [0.29, 0.717) is 5.69 Å². The molecule has 1 aliphatic rings. The van der Waals surface area contributed by atoms with Crippen LogP contribution in [0.5, 0.6) is 0 Å². The molecule has 0 aromatic heterocycles. The minimum absolute atomic E-state index is 0.0895. The van der Waals surface area contributed by atoms with Gasteiger partial charge >= 0.3 is 0 Å². The Morgan fingerprint density at radius 3 is 2.17 bits per heavy atom. The van der Waals surface area contributed by atoms with Gasteiger partial charge in [0.05, 0.1) is 10.6 Å². The molecule has 1 fully saturated rings. The molecule has 4 rings (SSSR count). The summed E-state index contributed by atoms with van der Waals surface area (Å²) < 4.78 is 30.3. The van der Waals surface area contributed by atoms with Gasteiger partial charge < -0.3 is 10.2 Å². The number of nitrogens with one attached hydrogen (secondary N) is 1. The second kappa shape index (κ2) is 13.9. The zero-order chi connectivity index (χ0) is 30.4. The third kappa shape index (κ3) is 7.81. The van der Waals surface area contributed by atoms with Crippen LogP contribution in [-0.2, 0) is 26.2 Å². The first-order chi connectivity index (χ1) is 20.0. The van der Waals surface area contributed by atoms with E-state index < -0.39 is 28.5 Å². The van der Waals surface area contributed by atoms with Gasteiger partial charge in [0.15, 0.2) is 0 Å². The Bertz CT molecular complexity index is 1500. The maximum atomic E-state index is 14.2. The lowest BCUT2D eigenvalue weighted by Gasteiger charge is -2.33. The van der Waals surface area contributed by atoms with Crippen molar-refractivity contribution in [2.45, 2.75) is 83.3 Å². The van der Waals surface area contributed by atoms with Crippen LogP contribution in [-0.4, -0.2) is 43.8 Å². The smallest absolute Gasteiger partial charge is 0.264 e. The minimum atomic E-state index is -4.11. The van der Waals surface area contributed by atoms with E-state index in [1.807, 2.05) is 57.2 Å². The summed E-state index contributed by atoms with van der Waals surface area (Å²) in [6, 6.07) is 19.0. The van der Waals surface area contributed by atoms with E-state index in [-0.39, 0.29) is 23.4 Å². The topological polar surface area (TPSA) is 86.8 Å². The van der Waals surface area contributed by atoms with Gasteiger partial charge in [-0.1, -0.05) is 77.2 Å². The molecule has 0 spiro atoms. The molecule has 224 valence electrons. The van der Waals surface area contributed by atoms with Crippen LogP contribution in [0.25, 0.3) is 0 Å². The molecule has 42 heavy (non-hydrogen) atoms. The number of hydrogen-bond acceptors (Lipinski definition) is 4. The second-order valence-electron chi connectivity index (χ2n) is 11.3. The van der Waals surface area contributed by atoms with Gasteiger partial charge in [-0.3, -0.25) is 13.9 Å². The van der Waals surface area contributed by atoms with Crippen molar-refractivity contribution in [2.24, 2.45) is 0 Å². The standard InChI is InChI=1S/C33H40BrN3O4S/c1-23-11-18-30(19-12-23)42(40,41)37(31-20-24(2)10-13-25(31)3)22-32(38)36(21-27-14-16-28(34)17-15-27)26(4)33(39)35-29-8-6-5-7-9-29/h10-20,26,29H,5-9,21-22H2,1-4H3,(H,35,39). The third-order valence-corrected chi connectivity index (χ3v) is 10.2. The number of benzene rings is 3. The van der Waals surface area contributed by atoms with Crippen LogP contribution in [0.2, 0.25) is 0 Å². The van der Waals surface area contributed by atoms with E-state index in [1.165, 1.54) is 15.6 Å². The van der Waals surface area contributed by atoms with Crippen molar-refractivity contribution in [1.29, 1.82) is 0 Å². The molecule has 0 radical (unpaired) electrons. The van der Waals surface area contributed by atoms with Crippen LogP contribution in [0, 0.1) is 20.8 Å². The number of carbonyl (C=O) groups excluding carboxylic acids is 2. The lowest BCUT2D eigenvalue weighted by atomic mass is 9.95. The molecular weight excluding hydrogens is 614 g/mol. The van der Waals surface area contributed by atoms with Crippen molar-refractivity contribution in [2.75, 3.05) is 10.8 Å². The van der Waals surface area contributed by atoms with Crippen molar-refractivity contribution in [3.8, 4) is 0 Å². The first kappa shape index (κ1) is 31.8. The van der Waals surface area contributed by atoms with Gasteiger partial charge in [0.1, 0.15) is 12.6 Å². The molecule has 3 aromatic rings. The highest BCUT2D eigenvalue weighted by Gasteiger charge is 2.33. The lowest BCUT2D eigenvalue weighted by Crippen LogP contribution is -2.53. The van der Waals surface area contributed by atoms with Crippen molar-refractivity contribution in [3.63, 3.8) is 0 Å². The molecule has 1 saturated carbocycles. The molecule has 1 aliphatic carbocycles. The fourth-order valence-corrected chi connectivity index (χ4v) is 7.01. The average Bonchev–Trinajstić information content (AvgIpc) is 2.97. The fraction of sp³-hybridized carbons (Fsp3) is 0.394. The predicted octanol–water partition coefficient (Wildman–Crippen LogP) is 6.44. The van der Waals surface area contributed by atoms with E-state index in [9.17, 15) is 18.0 Å². The Kier molecular flexibility index (Phi) is 10.5. The van der Waals surface area contributed by atoms with E-state index in [4.69, 9.17) is 0 Å². The minimum Gasteiger partial charge on any atom is -0.352 e. The van der Waals surface area contributed by atoms with Gasteiger partial charge in [-0.15, -0.1) is 0 Å². The second-order valence-corrected chi connectivity index (χ2v) is 14.1. The highest BCUT2D eigenvalue weighted by molar-refractivity contribution is 9.10. The van der Waals surface area contributed by atoms with E-state index >= 15 is 0 Å². The van der Waals surface area contributed by atoms with Crippen LogP contribution in [0.1, 0.15) is 61.3 Å². The van der Waals surface area contributed by atoms with Crippen molar-refractivity contribution in [3.05, 3.63) is 93.5 Å². The molecule has 1 unspecified atom stereocenters. The highest BCUT2D eigenvalue weighted by atomic mass is 79.9. The highest BCUT2D eigenvalue weighted by Crippen LogP contribution is 2.29. The predicted molar refractivity (Wildman–Crippen MR) is 171 cm³/mol. The number of nitrogens with zero attached hydrogens (tertiary/aromatic N) is 2. The molecule has 0 bridgehead atoms. The number of rotatable bonds is 10. The van der Waals surface area contributed by atoms with Crippen molar-refractivity contribution >= 4 is 43.5 Å². The van der Waals surface area contributed by atoms with Crippen molar-refractivity contribution < 1.29 is 18.0 Å². The van der Waals surface area contributed by atoms with Gasteiger partial charge in [-0.25, -0.2) is 8.42 Å². The van der Waals surface area contributed by atoms with E-state index in [0.717, 1.165) is 52.4 Å². The number of hydrogen-bond donors (Lipinski definition) is 1. The molecule has 1 N–H and O–H groups in total. The monoisotopic (exact) mass is 653 g/mol. The van der Waals surface area contributed by atoms with Gasteiger partial charge in [-0.05, 0) is 87.6 Å². The largest absolute Gasteiger partial charge is 0.352 e. The molecule has 9 heteroatoms. The summed E-state index contributed by atoms with van der Waals surface area (Å²) in [7, 11) is -4.11. The summed E-state index contributed by atoms with van der Waals surface area (Å²) in [5, 5.41) is 3.14. The van der Waals surface area contributed by atoms with Gasteiger partial charge in [0, 0.05) is 17.1 Å². The quantitative estimate of drug-likeness (QED) is 0.273. The molecule has 0 saturated heterocycles. The summed E-state index contributed by atoms with van der Waals surface area (Å²) in [4.78, 5) is 29.2. The Labute approximate surface area is 258 Å². The van der Waals surface area contributed by atoms with Crippen LogP contribution in [0.3, 0.4) is 0 Å². The molecular formula is C33H40BrN3O4S. The third-order valence-electron chi connectivity index (χ3n) is 7.91. The molecule has 7 nitrogen and oxygen atoms in total. The maximum Gasteiger partial charge on any atom is 0.264 e. The molecule has 1 atom stereocenters. The molecule has 0 aliphatic heterocycles. The van der Waals surface area contributed by atoms with Crippen molar-refractivity contribution in [1.82, 2.24) is 10.2 Å². The number of carbonyl (C=O) groups is 2. The Morgan fingerprint density at radius 2 is 1.52 bits per heavy atom. The normalized spacial score (nSPS) is 14.7. The van der Waals surface area contributed by atoms with E-state index in [2.05, 4.69) is 21.2 Å². The van der Waals surface area contributed by atoms with Crippen LogP contribution >= 0.6 is 15.9 Å².